The van der Waals surface area contributed by atoms with Gasteiger partial charge in [-0.3, -0.25) is 14.4 Å². The predicted molar refractivity (Wildman–Crippen MR) is 135 cm³/mol. The van der Waals surface area contributed by atoms with Gasteiger partial charge in [-0.25, -0.2) is 5.43 Å². The Hall–Kier alpha value is -4.48. The van der Waals surface area contributed by atoms with Gasteiger partial charge in [0.25, 0.3) is 0 Å². The second-order valence-corrected chi connectivity index (χ2v) is 9.62. The number of benzene rings is 2. The Kier molecular flexibility index (Phi) is 5.66. The molecule has 2 aliphatic rings. The molecule has 11 heteroatoms. The summed E-state index contributed by atoms with van der Waals surface area (Å²) in [6.07, 6.45) is 1.17. The maximum atomic E-state index is 13.9. The maximum Gasteiger partial charge on any atom is 0.307 e. The van der Waals surface area contributed by atoms with Crippen LogP contribution in [0.1, 0.15) is 44.5 Å². The Morgan fingerprint density at radius 1 is 1.16 bits per heavy atom. The van der Waals surface area contributed by atoms with Crippen molar-refractivity contribution in [1.29, 1.82) is 0 Å². The van der Waals surface area contributed by atoms with E-state index in [1.807, 2.05) is 0 Å². The molecular formula is C27H25N3O8. The molecule has 1 amide bonds. The Morgan fingerprint density at radius 2 is 1.87 bits per heavy atom. The van der Waals surface area contributed by atoms with Crippen LogP contribution in [0.15, 0.2) is 51.4 Å². The molecule has 1 heterocycles. The van der Waals surface area contributed by atoms with Crippen LogP contribution in [0.5, 0.6) is 11.5 Å². The van der Waals surface area contributed by atoms with E-state index in [4.69, 9.17) is 10.2 Å². The molecule has 2 aromatic carbocycles. The van der Waals surface area contributed by atoms with Crippen molar-refractivity contribution in [3.63, 3.8) is 0 Å². The van der Waals surface area contributed by atoms with Gasteiger partial charge in [-0.15, -0.1) is 0 Å². The summed E-state index contributed by atoms with van der Waals surface area (Å²) in [6, 6.07) is 4.83. The molecule has 3 atom stereocenters. The minimum atomic E-state index is -2.67. The van der Waals surface area contributed by atoms with Gasteiger partial charge in [0.1, 0.15) is 17.3 Å². The maximum absolute atomic E-state index is 13.9. The third-order valence-corrected chi connectivity index (χ3v) is 7.56. The number of furan rings is 1. The average Bonchev–Trinajstić information content (AvgIpc) is 3.43. The lowest BCUT2D eigenvalue weighted by Gasteiger charge is -2.45. The van der Waals surface area contributed by atoms with Crippen molar-refractivity contribution in [3.8, 4) is 11.5 Å². The van der Waals surface area contributed by atoms with Gasteiger partial charge < -0.3 is 30.6 Å². The third kappa shape index (κ3) is 3.29. The van der Waals surface area contributed by atoms with Crippen molar-refractivity contribution in [3.05, 3.63) is 69.9 Å². The van der Waals surface area contributed by atoms with E-state index < -0.39 is 52.1 Å². The summed E-state index contributed by atoms with van der Waals surface area (Å²) in [7, 11) is 0. The van der Waals surface area contributed by atoms with Gasteiger partial charge in [0.2, 0.25) is 5.78 Å². The number of fused-ring (bicyclic) bond motifs is 3. The minimum absolute atomic E-state index is 0.0370. The number of nitrogens with two attached hydrogens (primary N) is 1. The van der Waals surface area contributed by atoms with E-state index >= 15 is 0 Å². The number of hydrogen-bond acceptors (Lipinski definition) is 10. The van der Waals surface area contributed by atoms with Crippen molar-refractivity contribution >= 4 is 34.0 Å². The number of aryl methyl sites for hydroxylation is 2. The zero-order chi connectivity index (χ0) is 27.7. The second-order valence-electron chi connectivity index (χ2n) is 9.62. The Bertz CT molecular complexity index is 1620. The summed E-state index contributed by atoms with van der Waals surface area (Å²) < 4.78 is 4.98. The molecule has 0 unspecified atom stereocenters. The number of rotatable bonds is 3. The number of hydrogen-bond donors (Lipinski definition) is 6. The molecule has 5 rings (SSSR count). The monoisotopic (exact) mass is 519 g/mol. The van der Waals surface area contributed by atoms with Crippen LogP contribution in [0.2, 0.25) is 0 Å². The molecule has 3 aromatic rings. The lowest BCUT2D eigenvalue weighted by molar-refractivity contribution is -0.122. The van der Waals surface area contributed by atoms with Crippen LogP contribution in [0, 0.1) is 19.8 Å². The first-order chi connectivity index (χ1) is 17.9. The number of hydrazone groups is 1. The van der Waals surface area contributed by atoms with Gasteiger partial charge in [0.05, 0.1) is 34.5 Å². The number of carbonyl (C=O) groups is 3. The highest BCUT2D eigenvalue weighted by Gasteiger charge is 2.60. The van der Waals surface area contributed by atoms with Crippen LogP contribution in [0.3, 0.4) is 0 Å². The fraction of sp³-hybridized carbons (Fsp3) is 0.259. The molecular weight excluding hydrogens is 494 g/mol. The standard InChI is InChI=1S/C27H25N3O8/c1-10-6-7-13-11(2)14-9-15-20(28)23(33)17(12(3)29-30-26(36)16-5-4-8-38-16)24(34)27(15,37)25(35)19(14)22(32)18(13)21(10)31/h4-8,15,20,31-32,34,37H,9,28H2,1-3H3,(H,30,36)/b29-12+/t15-,20+,27+/m0/s1. The molecule has 0 fully saturated rings. The van der Waals surface area contributed by atoms with Crippen molar-refractivity contribution in [2.24, 2.45) is 16.8 Å². The number of amides is 1. The Labute approximate surface area is 215 Å². The van der Waals surface area contributed by atoms with Gasteiger partial charge in [-0.05, 0) is 61.4 Å². The average molecular weight is 520 g/mol. The fourth-order valence-corrected chi connectivity index (χ4v) is 5.42. The van der Waals surface area contributed by atoms with Crippen LogP contribution in [0.25, 0.3) is 10.8 Å². The van der Waals surface area contributed by atoms with Crippen LogP contribution in [-0.2, 0) is 11.2 Å². The topological polar surface area (TPSA) is 196 Å². The highest BCUT2D eigenvalue weighted by Crippen LogP contribution is 2.50. The van der Waals surface area contributed by atoms with Crippen molar-refractivity contribution in [2.45, 2.75) is 38.8 Å². The number of aliphatic hydroxyl groups excluding tert-OH is 1. The molecule has 0 bridgehead atoms. The number of phenols is 2. The van der Waals surface area contributed by atoms with Crippen molar-refractivity contribution < 1.29 is 39.2 Å². The molecule has 2 aliphatic carbocycles. The smallest absolute Gasteiger partial charge is 0.307 e. The van der Waals surface area contributed by atoms with Crippen molar-refractivity contribution in [2.75, 3.05) is 0 Å². The highest BCUT2D eigenvalue weighted by atomic mass is 16.4. The van der Waals surface area contributed by atoms with Crippen LogP contribution in [-0.4, -0.2) is 55.3 Å². The van der Waals surface area contributed by atoms with Gasteiger partial charge >= 0.3 is 5.91 Å². The fourth-order valence-electron chi connectivity index (χ4n) is 5.42. The van der Waals surface area contributed by atoms with E-state index in [-0.39, 0.29) is 34.6 Å². The van der Waals surface area contributed by atoms with Crippen LogP contribution < -0.4 is 11.2 Å². The summed E-state index contributed by atoms with van der Waals surface area (Å²) in [5.41, 5.74) is 6.12. The normalized spacial score (nSPS) is 23.4. The summed E-state index contributed by atoms with van der Waals surface area (Å²) in [5, 5.41) is 49.0. The van der Waals surface area contributed by atoms with E-state index in [9.17, 15) is 34.8 Å². The molecule has 0 aliphatic heterocycles. The molecule has 7 N–H and O–H groups in total. The lowest BCUT2D eigenvalue weighted by atomic mass is 9.61. The number of aromatic hydroxyl groups is 2. The zero-order valence-corrected chi connectivity index (χ0v) is 20.7. The van der Waals surface area contributed by atoms with Crippen LogP contribution in [0.4, 0.5) is 0 Å². The van der Waals surface area contributed by atoms with Gasteiger partial charge in [-0.2, -0.15) is 5.10 Å². The molecule has 0 radical (unpaired) electrons. The summed E-state index contributed by atoms with van der Waals surface area (Å²) >= 11 is 0. The molecule has 38 heavy (non-hydrogen) atoms. The van der Waals surface area contributed by atoms with Crippen LogP contribution >= 0.6 is 0 Å². The number of aliphatic hydroxyl groups is 2. The second kappa shape index (κ2) is 8.54. The zero-order valence-electron chi connectivity index (χ0n) is 20.7. The SMILES string of the molecule is C/C(=N\NC(=O)c1ccco1)C1=C(O)[C@@]2(O)C(=O)c3c(c(C)c4ccc(C)c(O)c4c3O)C[C@H]2[C@@H](N)C1=O. The molecule has 1 aromatic heterocycles. The van der Waals surface area contributed by atoms with E-state index in [1.165, 1.54) is 25.3 Å². The number of nitrogens with one attached hydrogen (secondary N) is 1. The molecule has 0 saturated heterocycles. The Balaban J connectivity index is 1.67. The molecule has 196 valence electrons. The largest absolute Gasteiger partial charge is 0.508 e. The summed E-state index contributed by atoms with van der Waals surface area (Å²) in [6.45, 7) is 4.62. The third-order valence-electron chi connectivity index (χ3n) is 7.56. The lowest BCUT2D eigenvalue weighted by Crippen LogP contribution is -2.63. The molecule has 0 saturated carbocycles. The number of nitrogens with zero attached hydrogens (tertiary/aromatic N) is 1. The molecule has 11 nitrogen and oxygen atoms in total. The number of Topliss-reactive ketones (excluding diaryl/α,β-unsaturated/α-hetero) is 2. The van der Waals surface area contributed by atoms with E-state index in [0.717, 1.165) is 0 Å². The summed E-state index contributed by atoms with van der Waals surface area (Å²) in [5.74, 6) is -5.64. The van der Waals surface area contributed by atoms with E-state index in [1.54, 1.807) is 26.0 Å². The predicted octanol–water partition coefficient (Wildman–Crippen LogP) is 2.07. The molecule has 0 spiro atoms. The number of carbonyl (C=O) groups excluding carboxylic acids is 3. The van der Waals surface area contributed by atoms with E-state index in [0.29, 0.717) is 22.1 Å². The summed E-state index contributed by atoms with van der Waals surface area (Å²) in [4.78, 5) is 39.3. The minimum Gasteiger partial charge on any atom is -0.508 e. The quantitative estimate of drug-likeness (QED) is 0.222. The Morgan fingerprint density at radius 3 is 2.53 bits per heavy atom. The highest BCUT2D eigenvalue weighted by molar-refractivity contribution is 6.27. The van der Waals surface area contributed by atoms with Gasteiger partial charge in [0.15, 0.2) is 17.1 Å². The number of ketones is 2. The van der Waals surface area contributed by atoms with Gasteiger partial charge in [-0.1, -0.05) is 12.1 Å². The first-order valence-electron chi connectivity index (χ1n) is 11.8. The van der Waals surface area contributed by atoms with Crippen molar-refractivity contribution in [1.82, 2.24) is 5.43 Å². The van der Waals surface area contributed by atoms with Gasteiger partial charge in [0, 0.05) is 5.92 Å². The number of phenolic OH excluding ortho intramolecular Hbond substituents is 2. The first kappa shape index (κ1) is 25.2. The first-order valence-corrected chi connectivity index (χ1v) is 11.8. The van der Waals surface area contributed by atoms with E-state index in [2.05, 4.69) is 10.5 Å².